The Balaban J connectivity index is 1.55. The van der Waals surface area contributed by atoms with Gasteiger partial charge in [-0.25, -0.2) is 0 Å². The minimum atomic E-state index is 0.0704. The predicted molar refractivity (Wildman–Crippen MR) is 138 cm³/mol. The molecule has 32 heavy (non-hydrogen) atoms. The number of carbonyl (C=O) groups excluding carboxylic acids is 1. The Kier molecular flexibility index (Phi) is 5.13. The van der Waals surface area contributed by atoms with E-state index < -0.39 is 0 Å². The monoisotopic (exact) mass is 504 g/mol. The second-order valence-electron chi connectivity index (χ2n) is 15.4. The minimum Gasteiger partial charge on any atom is -0.298 e. The van der Waals surface area contributed by atoms with Gasteiger partial charge in [0.2, 0.25) is 0 Å². The molecule has 1 nitrogen and oxygen atoms in total. The minimum absolute atomic E-state index is 0.0704. The molecule has 2 heteroatoms. The van der Waals surface area contributed by atoms with Gasteiger partial charge in [-0.15, -0.1) is 0 Å². The fourth-order valence-electron chi connectivity index (χ4n) is 11.1. The van der Waals surface area contributed by atoms with E-state index in [0.29, 0.717) is 38.8 Å². The highest BCUT2D eigenvalue weighted by Crippen LogP contribution is 2.78. The van der Waals surface area contributed by atoms with Crippen LogP contribution in [0.25, 0.3) is 0 Å². The van der Waals surface area contributed by atoms with Gasteiger partial charge in [0.15, 0.2) is 0 Å². The Morgan fingerprint density at radius 2 is 1.31 bits per heavy atom. The molecular weight excluding hydrogens is 456 g/mol. The molecule has 0 aromatic rings. The fraction of sp³-hybridized carbons (Fsp3) is 0.967. The molecule has 5 aliphatic rings. The van der Waals surface area contributed by atoms with Crippen molar-refractivity contribution in [3.8, 4) is 0 Å². The second kappa shape index (κ2) is 6.88. The highest BCUT2D eigenvalue weighted by atomic mass is 79.9. The van der Waals surface area contributed by atoms with Crippen molar-refractivity contribution in [3.63, 3.8) is 0 Å². The molecule has 0 bridgehead atoms. The quantitative estimate of drug-likeness (QED) is 0.301. The molecule has 0 heterocycles. The normalized spacial score (nSPS) is 59.4. The first-order valence-corrected chi connectivity index (χ1v) is 14.7. The molecule has 0 spiro atoms. The molecule has 0 radical (unpaired) electrons. The highest BCUT2D eigenvalue weighted by molar-refractivity contribution is 9.10. The van der Waals surface area contributed by atoms with Crippen LogP contribution in [0.15, 0.2) is 0 Å². The van der Waals surface area contributed by atoms with Crippen molar-refractivity contribution in [2.75, 3.05) is 0 Å². The first-order chi connectivity index (χ1) is 14.6. The Bertz CT molecular complexity index is 818. The molecule has 5 fully saturated rings. The summed E-state index contributed by atoms with van der Waals surface area (Å²) >= 11 is 3.83. The summed E-state index contributed by atoms with van der Waals surface area (Å²) in [5.74, 6) is 3.00. The smallest absolute Gasteiger partial charge is 0.149 e. The molecule has 5 saturated carbocycles. The summed E-state index contributed by atoms with van der Waals surface area (Å²) in [4.78, 5) is 13.1. The van der Waals surface area contributed by atoms with Gasteiger partial charge in [0, 0.05) is 5.92 Å². The van der Waals surface area contributed by atoms with Gasteiger partial charge in [0.25, 0.3) is 0 Å². The maximum absolute atomic E-state index is 13.0. The molecule has 0 N–H and O–H groups in total. The Morgan fingerprint density at radius 1 is 0.719 bits per heavy atom. The van der Waals surface area contributed by atoms with Crippen LogP contribution in [0, 0.1) is 56.2 Å². The van der Waals surface area contributed by atoms with E-state index in [9.17, 15) is 4.79 Å². The van der Waals surface area contributed by atoms with E-state index in [2.05, 4.69) is 71.3 Å². The molecule has 5 rings (SSSR count). The van der Waals surface area contributed by atoms with Crippen molar-refractivity contribution in [2.45, 2.75) is 124 Å². The molecule has 182 valence electrons. The van der Waals surface area contributed by atoms with Crippen LogP contribution in [0.2, 0.25) is 0 Å². The lowest BCUT2D eigenvalue weighted by Gasteiger charge is -2.75. The van der Waals surface area contributed by atoms with Gasteiger partial charge >= 0.3 is 0 Å². The van der Waals surface area contributed by atoms with E-state index in [-0.39, 0.29) is 16.2 Å². The van der Waals surface area contributed by atoms with Crippen LogP contribution in [-0.4, -0.2) is 10.6 Å². The van der Waals surface area contributed by atoms with Gasteiger partial charge < -0.3 is 0 Å². The molecule has 0 aliphatic heterocycles. The Hall–Kier alpha value is 0.150. The van der Waals surface area contributed by atoms with Gasteiger partial charge in [-0.1, -0.05) is 71.3 Å². The van der Waals surface area contributed by atoms with Gasteiger partial charge in [0.05, 0.1) is 4.83 Å². The van der Waals surface area contributed by atoms with E-state index in [4.69, 9.17) is 0 Å². The van der Waals surface area contributed by atoms with Crippen LogP contribution < -0.4 is 0 Å². The van der Waals surface area contributed by atoms with E-state index >= 15 is 0 Å². The van der Waals surface area contributed by atoms with Crippen molar-refractivity contribution < 1.29 is 4.79 Å². The van der Waals surface area contributed by atoms with Crippen molar-refractivity contribution in [3.05, 3.63) is 0 Å². The third-order valence-electron chi connectivity index (χ3n) is 13.7. The predicted octanol–water partition coefficient (Wildman–Crippen LogP) is 8.83. The Morgan fingerprint density at radius 3 is 2.00 bits per heavy atom. The zero-order valence-corrected chi connectivity index (χ0v) is 23.8. The van der Waals surface area contributed by atoms with Crippen LogP contribution in [0.5, 0.6) is 0 Å². The van der Waals surface area contributed by atoms with Crippen molar-refractivity contribution in [1.82, 2.24) is 0 Å². The zero-order valence-electron chi connectivity index (χ0n) is 22.2. The number of hydrogen-bond donors (Lipinski definition) is 0. The molecule has 5 aliphatic carbocycles. The summed E-state index contributed by atoms with van der Waals surface area (Å²) in [7, 11) is 0. The van der Waals surface area contributed by atoms with Crippen LogP contribution in [0.3, 0.4) is 0 Å². The average molecular weight is 506 g/mol. The van der Waals surface area contributed by atoms with E-state index in [1.54, 1.807) is 0 Å². The molecule has 0 amide bonds. The van der Waals surface area contributed by atoms with Gasteiger partial charge in [-0.2, -0.15) is 0 Å². The SMILES string of the molecule is C[C@H]1C(=O)[C@H](Br)C[C@@H]2[C@]1(C)CC[C@@H]1[C@]2(C)CC[C@@]2(C)[C@H]3CC(C)(C)CC[C@]3(C)CC[C@]12C. The first-order valence-electron chi connectivity index (χ1n) is 13.8. The number of Topliss-reactive ketones (excluding diaryl/α,β-unsaturated/α-hetero) is 1. The van der Waals surface area contributed by atoms with E-state index in [1.807, 2.05) is 0 Å². The molecule has 10 atom stereocenters. The summed E-state index contributed by atoms with van der Waals surface area (Å²) in [6.45, 7) is 20.6. The van der Waals surface area contributed by atoms with Crippen molar-refractivity contribution >= 4 is 21.7 Å². The number of fused-ring (bicyclic) bond motifs is 7. The number of carbonyl (C=O) groups is 1. The topological polar surface area (TPSA) is 17.1 Å². The van der Waals surface area contributed by atoms with Crippen LogP contribution in [0.1, 0.15) is 120 Å². The second-order valence-corrected chi connectivity index (χ2v) is 16.5. The molecular formula is C30H49BrO. The lowest BCUT2D eigenvalue weighted by atomic mass is 9.30. The maximum Gasteiger partial charge on any atom is 0.149 e. The highest BCUT2D eigenvalue weighted by Gasteiger charge is 2.71. The van der Waals surface area contributed by atoms with Gasteiger partial charge in [-0.3, -0.25) is 4.79 Å². The standard InChI is InChI=1S/C30H49BrO/c1-19-24(32)20(31)17-22-27(19,5)10-9-21-28(22,6)14-16-30(8)23-18-25(2,3)11-12-26(23,4)13-15-29(21,30)7/h19-23H,9-18H2,1-8H3/t19-,20+,21+,22+,23-,26+,27+,28-,29+,30-/m0/s1. The maximum atomic E-state index is 13.0. The summed E-state index contributed by atoms with van der Waals surface area (Å²) in [5, 5.41) is 0. The summed E-state index contributed by atoms with van der Waals surface area (Å²) < 4.78 is 0. The number of rotatable bonds is 0. The molecule has 0 saturated heterocycles. The average Bonchev–Trinajstić information content (AvgIpc) is 2.72. The number of ketones is 1. The van der Waals surface area contributed by atoms with Crippen LogP contribution in [-0.2, 0) is 4.79 Å². The van der Waals surface area contributed by atoms with Crippen molar-refractivity contribution in [2.24, 2.45) is 56.2 Å². The first kappa shape index (κ1) is 23.9. The summed E-state index contributed by atoms with van der Waals surface area (Å²) in [6, 6.07) is 0. The summed E-state index contributed by atoms with van der Waals surface area (Å²) in [6.07, 6.45) is 13.6. The molecule has 0 unspecified atom stereocenters. The number of alkyl halides is 1. The zero-order chi connectivity index (χ0) is 23.5. The fourth-order valence-corrected chi connectivity index (χ4v) is 11.9. The van der Waals surface area contributed by atoms with Crippen LogP contribution in [0.4, 0.5) is 0 Å². The largest absolute Gasteiger partial charge is 0.298 e. The lowest BCUT2D eigenvalue weighted by molar-refractivity contribution is -0.256. The van der Waals surface area contributed by atoms with Gasteiger partial charge in [0.1, 0.15) is 5.78 Å². The number of hydrogen-bond acceptors (Lipinski definition) is 1. The summed E-state index contributed by atoms with van der Waals surface area (Å²) in [5.41, 5.74) is 2.50. The third-order valence-corrected chi connectivity index (χ3v) is 14.6. The molecule has 0 aromatic heterocycles. The Labute approximate surface area is 206 Å². The third kappa shape index (κ3) is 2.83. The van der Waals surface area contributed by atoms with E-state index in [1.165, 1.54) is 57.8 Å². The number of halogens is 1. The van der Waals surface area contributed by atoms with E-state index in [0.717, 1.165) is 18.3 Å². The lowest BCUT2D eigenvalue weighted by Crippen LogP contribution is -2.68. The van der Waals surface area contributed by atoms with Crippen molar-refractivity contribution in [1.29, 1.82) is 0 Å². The van der Waals surface area contributed by atoms with Crippen LogP contribution >= 0.6 is 15.9 Å². The molecule has 0 aromatic carbocycles. The van der Waals surface area contributed by atoms with Gasteiger partial charge in [-0.05, 0) is 114 Å².